The summed E-state index contributed by atoms with van der Waals surface area (Å²) < 4.78 is 13.2. The van der Waals surface area contributed by atoms with Crippen LogP contribution >= 0.6 is 0 Å². The van der Waals surface area contributed by atoms with Gasteiger partial charge in [0.05, 0.1) is 25.6 Å². The average Bonchev–Trinajstić information content (AvgIpc) is 3.09. The molecule has 2 aromatic heterocycles. The summed E-state index contributed by atoms with van der Waals surface area (Å²) in [4.78, 5) is 6.40. The van der Waals surface area contributed by atoms with Gasteiger partial charge in [-0.05, 0) is 10.4 Å². The number of rotatable bonds is 1. The van der Waals surface area contributed by atoms with Gasteiger partial charge in [0, 0.05) is 25.9 Å². The van der Waals surface area contributed by atoms with E-state index in [-0.39, 0.29) is 5.79 Å². The molecular weight excluding hydrogens is 248 g/mol. The van der Waals surface area contributed by atoms with Crippen LogP contribution in [0.3, 0.4) is 0 Å². The van der Waals surface area contributed by atoms with Gasteiger partial charge in [0.25, 0.3) is 0 Å². The van der Waals surface area contributed by atoms with Gasteiger partial charge in [-0.1, -0.05) is 0 Å². The molecule has 0 saturated carbocycles. The fourth-order valence-electron chi connectivity index (χ4n) is 2.74. The van der Waals surface area contributed by atoms with Crippen molar-refractivity contribution in [2.45, 2.75) is 18.6 Å². The van der Waals surface area contributed by atoms with Crippen molar-refractivity contribution in [3.05, 3.63) is 12.4 Å². The molecule has 4 heterocycles. The smallest absolute Gasteiger partial charge is 0.199 e. The Kier molecular flexibility index (Phi) is 2.39. The molecule has 100 valence electrons. The molecule has 0 atom stereocenters. The number of ether oxygens (including phenoxy) is 2. The lowest BCUT2D eigenvalue weighted by molar-refractivity contribution is -0.169. The van der Waals surface area contributed by atoms with Crippen molar-refractivity contribution in [3.63, 3.8) is 0 Å². The van der Waals surface area contributed by atoms with Crippen LogP contribution in [0.5, 0.6) is 0 Å². The summed E-state index contributed by atoms with van der Waals surface area (Å²) in [6.45, 7) is 3.09. The van der Waals surface area contributed by atoms with Crippen molar-refractivity contribution >= 4 is 11.5 Å². The van der Waals surface area contributed by atoms with Gasteiger partial charge in [0.2, 0.25) is 0 Å². The topological polar surface area (TPSA) is 77.7 Å². The molecule has 0 aromatic carbocycles. The van der Waals surface area contributed by atoms with Crippen molar-refractivity contribution in [1.82, 2.24) is 25.0 Å². The number of aromatic nitrogens is 5. The van der Waals surface area contributed by atoms with E-state index in [0.29, 0.717) is 18.9 Å². The molecule has 2 aromatic rings. The standard InChI is InChI=1S/C11H14N6O2/c1-3-16(4-2-11(1)18-5-6-19-11)10-8-12-7-9-13-14-15-17(9)10/h7-8H,1-6H2. The van der Waals surface area contributed by atoms with E-state index in [1.807, 2.05) is 0 Å². The third-order valence-corrected chi connectivity index (χ3v) is 3.75. The molecule has 2 fully saturated rings. The van der Waals surface area contributed by atoms with Gasteiger partial charge >= 0.3 is 0 Å². The van der Waals surface area contributed by atoms with E-state index in [9.17, 15) is 0 Å². The Labute approximate surface area is 109 Å². The number of anilines is 1. The Balaban J connectivity index is 1.59. The predicted molar refractivity (Wildman–Crippen MR) is 64.7 cm³/mol. The first-order valence-corrected chi connectivity index (χ1v) is 6.41. The number of tetrazole rings is 1. The molecule has 2 aliphatic heterocycles. The highest BCUT2D eigenvalue weighted by atomic mass is 16.7. The molecule has 4 rings (SSSR count). The lowest BCUT2D eigenvalue weighted by atomic mass is 10.0. The van der Waals surface area contributed by atoms with E-state index in [0.717, 1.165) is 31.7 Å². The lowest BCUT2D eigenvalue weighted by Crippen LogP contribution is -2.45. The maximum Gasteiger partial charge on any atom is 0.199 e. The van der Waals surface area contributed by atoms with E-state index in [2.05, 4.69) is 25.4 Å². The van der Waals surface area contributed by atoms with Crippen LogP contribution in [0.25, 0.3) is 5.65 Å². The van der Waals surface area contributed by atoms with Gasteiger partial charge in [-0.25, -0.2) is 0 Å². The van der Waals surface area contributed by atoms with Crippen LogP contribution in [0.15, 0.2) is 12.4 Å². The van der Waals surface area contributed by atoms with Crippen LogP contribution in [0.4, 0.5) is 5.82 Å². The highest BCUT2D eigenvalue weighted by Gasteiger charge is 2.40. The van der Waals surface area contributed by atoms with Gasteiger partial charge in [-0.3, -0.25) is 4.98 Å². The van der Waals surface area contributed by atoms with Crippen LogP contribution in [-0.2, 0) is 9.47 Å². The first-order chi connectivity index (χ1) is 9.36. The number of piperidine rings is 1. The summed E-state index contributed by atoms with van der Waals surface area (Å²) in [6.07, 6.45) is 5.15. The van der Waals surface area contributed by atoms with E-state index in [1.165, 1.54) is 0 Å². The number of nitrogens with zero attached hydrogens (tertiary/aromatic N) is 6. The second kappa shape index (κ2) is 4.10. The Hall–Kier alpha value is -1.80. The third-order valence-electron chi connectivity index (χ3n) is 3.75. The van der Waals surface area contributed by atoms with Crippen LogP contribution in [-0.4, -0.2) is 57.1 Å². The summed E-state index contributed by atoms with van der Waals surface area (Å²) in [5.41, 5.74) is 0.658. The minimum Gasteiger partial charge on any atom is -0.355 e. The van der Waals surface area contributed by atoms with Crippen LogP contribution in [0.2, 0.25) is 0 Å². The van der Waals surface area contributed by atoms with Crippen molar-refractivity contribution in [2.24, 2.45) is 0 Å². The fraction of sp³-hybridized carbons (Fsp3) is 0.636. The second-order valence-corrected chi connectivity index (χ2v) is 4.81. The largest absolute Gasteiger partial charge is 0.355 e. The zero-order chi connectivity index (χ0) is 12.7. The summed E-state index contributed by atoms with van der Waals surface area (Å²) >= 11 is 0. The normalized spacial score (nSPS) is 22.4. The van der Waals surface area contributed by atoms with E-state index >= 15 is 0 Å². The summed E-state index contributed by atoms with van der Waals surface area (Å²) in [6, 6.07) is 0. The van der Waals surface area contributed by atoms with Gasteiger partial charge in [0.1, 0.15) is 0 Å². The summed E-state index contributed by atoms with van der Waals surface area (Å²) in [5, 5.41) is 11.6. The molecule has 19 heavy (non-hydrogen) atoms. The molecule has 8 heteroatoms. The van der Waals surface area contributed by atoms with Crippen LogP contribution in [0.1, 0.15) is 12.8 Å². The maximum atomic E-state index is 5.73. The van der Waals surface area contributed by atoms with Gasteiger partial charge in [-0.2, -0.15) is 4.52 Å². The Morgan fingerprint density at radius 1 is 1.11 bits per heavy atom. The molecule has 0 N–H and O–H groups in total. The molecule has 1 spiro atoms. The first-order valence-electron chi connectivity index (χ1n) is 6.41. The second-order valence-electron chi connectivity index (χ2n) is 4.81. The van der Waals surface area contributed by atoms with Gasteiger partial charge in [0.15, 0.2) is 17.3 Å². The highest BCUT2D eigenvalue weighted by Crippen LogP contribution is 2.32. The molecule has 2 saturated heterocycles. The van der Waals surface area contributed by atoms with Gasteiger partial charge in [-0.15, -0.1) is 5.10 Å². The molecule has 0 aliphatic carbocycles. The molecule has 8 nitrogen and oxygen atoms in total. The minimum atomic E-state index is -0.363. The van der Waals surface area contributed by atoms with Gasteiger partial charge < -0.3 is 14.4 Å². The lowest BCUT2D eigenvalue weighted by Gasteiger charge is -2.38. The van der Waals surface area contributed by atoms with Crippen molar-refractivity contribution in [3.8, 4) is 0 Å². The molecule has 2 aliphatic rings. The zero-order valence-corrected chi connectivity index (χ0v) is 10.4. The first kappa shape index (κ1) is 11.1. The Morgan fingerprint density at radius 2 is 1.89 bits per heavy atom. The number of fused-ring (bicyclic) bond motifs is 1. The minimum absolute atomic E-state index is 0.363. The van der Waals surface area contributed by atoms with Crippen molar-refractivity contribution in [1.29, 1.82) is 0 Å². The summed E-state index contributed by atoms with van der Waals surface area (Å²) in [7, 11) is 0. The molecule has 0 bridgehead atoms. The number of hydrogen-bond acceptors (Lipinski definition) is 7. The Morgan fingerprint density at radius 3 is 2.68 bits per heavy atom. The molecule has 0 unspecified atom stereocenters. The maximum absolute atomic E-state index is 5.73. The zero-order valence-electron chi connectivity index (χ0n) is 10.4. The molecule has 0 amide bonds. The third kappa shape index (κ3) is 1.75. The SMILES string of the molecule is c1ncc2nnnn2c1N1CCC2(CC1)OCCO2. The quantitative estimate of drug-likeness (QED) is 0.708. The fourth-order valence-corrected chi connectivity index (χ4v) is 2.74. The monoisotopic (exact) mass is 262 g/mol. The van der Waals surface area contributed by atoms with E-state index < -0.39 is 0 Å². The van der Waals surface area contributed by atoms with Crippen LogP contribution < -0.4 is 4.90 Å². The Bertz CT molecular complexity index is 584. The number of hydrogen-bond donors (Lipinski definition) is 0. The average molecular weight is 262 g/mol. The highest BCUT2D eigenvalue weighted by molar-refractivity contribution is 5.46. The van der Waals surface area contributed by atoms with E-state index in [1.54, 1.807) is 16.9 Å². The van der Waals surface area contributed by atoms with Crippen molar-refractivity contribution < 1.29 is 9.47 Å². The summed E-state index contributed by atoms with van der Waals surface area (Å²) in [5.74, 6) is 0.550. The van der Waals surface area contributed by atoms with Crippen molar-refractivity contribution in [2.75, 3.05) is 31.2 Å². The molecular formula is C11H14N6O2. The van der Waals surface area contributed by atoms with E-state index in [4.69, 9.17) is 9.47 Å². The van der Waals surface area contributed by atoms with Crippen LogP contribution in [0, 0.1) is 0 Å². The molecule has 0 radical (unpaired) electrons. The predicted octanol–water partition coefficient (Wildman–Crippen LogP) is -0.137.